The third-order valence-corrected chi connectivity index (χ3v) is 5.32. The van der Waals surface area contributed by atoms with Gasteiger partial charge in [-0.15, -0.1) is 0 Å². The second-order valence-electron chi connectivity index (χ2n) is 5.45. The van der Waals surface area contributed by atoms with E-state index in [1.54, 1.807) is 0 Å². The van der Waals surface area contributed by atoms with Crippen LogP contribution in [0.4, 0.5) is 13.2 Å². The van der Waals surface area contributed by atoms with Crippen LogP contribution in [-0.4, -0.2) is 31.9 Å². The van der Waals surface area contributed by atoms with Crippen LogP contribution in [-0.2, 0) is 16.2 Å². The van der Waals surface area contributed by atoms with E-state index in [4.69, 9.17) is 5.73 Å². The highest BCUT2D eigenvalue weighted by molar-refractivity contribution is 7.89. The van der Waals surface area contributed by atoms with Gasteiger partial charge in [0, 0.05) is 19.1 Å². The topological polar surface area (TPSA) is 63.4 Å². The first-order valence-corrected chi connectivity index (χ1v) is 7.97. The molecule has 1 aliphatic heterocycles. The highest BCUT2D eigenvalue weighted by atomic mass is 32.2. The Bertz CT molecular complexity index is 589. The van der Waals surface area contributed by atoms with E-state index in [1.165, 1.54) is 4.31 Å². The number of nitrogens with two attached hydrogens (primary N) is 1. The maximum Gasteiger partial charge on any atom is 0.416 e. The molecule has 0 bridgehead atoms. The molecule has 0 aliphatic carbocycles. The van der Waals surface area contributed by atoms with Gasteiger partial charge in [-0.1, -0.05) is 6.92 Å². The number of nitrogens with zero attached hydrogens (tertiary/aromatic N) is 1. The van der Waals surface area contributed by atoms with Crippen LogP contribution < -0.4 is 5.73 Å². The maximum absolute atomic E-state index is 12.5. The molecule has 1 aliphatic rings. The highest BCUT2D eigenvalue weighted by Gasteiger charge is 2.34. The van der Waals surface area contributed by atoms with Crippen LogP contribution >= 0.6 is 0 Å². The lowest BCUT2D eigenvalue weighted by Gasteiger charge is -2.33. The normalized spacial score (nSPS) is 25.0. The van der Waals surface area contributed by atoms with Crippen LogP contribution in [0.5, 0.6) is 0 Å². The molecular weight excluding hydrogens is 305 g/mol. The highest BCUT2D eigenvalue weighted by Crippen LogP contribution is 2.30. The molecule has 1 aromatic rings. The Kier molecular flexibility index (Phi) is 4.32. The van der Waals surface area contributed by atoms with Gasteiger partial charge in [-0.25, -0.2) is 8.42 Å². The molecule has 0 amide bonds. The van der Waals surface area contributed by atoms with E-state index in [9.17, 15) is 21.6 Å². The number of halogens is 3. The molecule has 4 nitrogen and oxygen atoms in total. The summed E-state index contributed by atoms with van der Waals surface area (Å²) in [5, 5.41) is 0. The molecule has 0 saturated carbocycles. The van der Waals surface area contributed by atoms with Crippen molar-refractivity contribution in [1.82, 2.24) is 4.31 Å². The summed E-state index contributed by atoms with van der Waals surface area (Å²) < 4.78 is 63.6. The van der Waals surface area contributed by atoms with Gasteiger partial charge in [0.1, 0.15) is 0 Å². The molecule has 2 atom stereocenters. The van der Waals surface area contributed by atoms with Crippen molar-refractivity contribution in [3.05, 3.63) is 29.8 Å². The van der Waals surface area contributed by atoms with Gasteiger partial charge in [-0.05, 0) is 36.6 Å². The average molecular weight is 322 g/mol. The van der Waals surface area contributed by atoms with E-state index < -0.39 is 21.8 Å². The molecule has 0 aromatic heterocycles. The van der Waals surface area contributed by atoms with E-state index >= 15 is 0 Å². The zero-order chi connectivity index (χ0) is 15.8. The van der Waals surface area contributed by atoms with Crippen molar-refractivity contribution >= 4 is 10.0 Å². The van der Waals surface area contributed by atoms with Crippen molar-refractivity contribution in [1.29, 1.82) is 0 Å². The molecule has 2 rings (SSSR count). The van der Waals surface area contributed by atoms with Gasteiger partial charge in [0.15, 0.2) is 0 Å². The monoisotopic (exact) mass is 322 g/mol. The summed E-state index contributed by atoms with van der Waals surface area (Å²) in [6.07, 6.45) is -3.75. The summed E-state index contributed by atoms with van der Waals surface area (Å²) in [7, 11) is -3.80. The van der Waals surface area contributed by atoms with Crippen molar-refractivity contribution < 1.29 is 21.6 Å². The average Bonchev–Trinajstić information content (AvgIpc) is 2.36. The van der Waals surface area contributed by atoms with Gasteiger partial charge in [-0.3, -0.25) is 0 Å². The summed E-state index contributed by atoms with van der Waals surface area (Å²) in [5.74, 6) is 0.123. The number of benzene rings is 1. The largest absolute Gasteiger partial charge is 0.416 e. The molecule has 1 aromatic carbocycles. The number of rotatable bonds is 2. The van der Waals surface area contributed by atoms with Gasteiger partial charge in [-0.2, -0.15) is 17.5 Å². The molecule has 2 unspecified atom stereocenters. The number of hydrogen-bond acceptors (Lipinski definition) is 3. The summed E-state index contributed by atoms with van der Waals surface area (Å²) in [5.41, 5.74) is 4.95. The third kappa shape index (κ3) is 3.56. The third-order valence-electron chi connectivity index (χ3n) is 3.48. The minimum atomic E-state index is -4.48. The molecule has 1 heterocycles. The van der Waals surface area contributed by atoms with Gasteiger partial charge in [0.2, 0.25) is 10.0 Å². The Balaban J connectivity index is 2.27. The van der Waals surface area contributed by atoms with Gasteiger partial charge < -0.3 is 5.73 Å². The first-order chi connectivity index (χ1) is 9.60. The quantitative estimate of drug-likeness (QED) is 0.906. The summed E-state index contributed by atoms with van der Waals surface area (Å²) >= 11 is 0. The molecule has 0 spiro atoms. The van der Waals surface area contributed by atoms with E-state index in [2.05, 4.69) is 0 Å². The smallest absolute Gasteiger partial charge is 0.326 e. The Morgan fingerprint density at radius 2 is 1.76 bits per heavy atom. The summed E-state index contributed by atoms with van der Waals surface area (Å²) in [6.45, 7) is 2.42. The number of piperidine rings is 1. The van der Waals surface area contributed by atoms with Crippen molar-refractivity contribution in [2.24, 2.45) is 11.7 Å². The molecular formula is C13H17F3N2O2S. The van der Waals surface area contributed by atoms with Crippen molar-refractivity contribution in [2.45, 2.75) is 30.5 Å². The SMILES string of the molecule is CC1CC(N)CN(S(=O)(=O)c2ccc(C(F)(F)F)cc2)C1. The maximum atomic E-state index is 12.5. The lowest BCUT2D eigenvalue weighted by molar-refractivity contribution is -0.137. The first kappa shape index (κ1) is 16.3. The molecule has 118 valence electrons. The zero-order valence-corrected chi connectivity index (χ0v) is 12.3. The minimum absolute atomic E-state index is 0.123. The lowest BCUT2D eigenvalue weighted by atomic mass is 9.99. The van der Waals surface area contributed by atoms with E-state index in [1.807, 2.05) is 6.92 Å². The van der Waals surface area contributed by atoms with E-state index in [0.29, 0.717) is 6.54 Å². The van der Waals surface area contributed by atoms with Crippen LogP contribution in [0, 0.1) is 5.92 Å². The van der Waals surface area contributed by atoms with Crippen molar-refractivity contribution in [2.75, 3.05) is 13.1 Å². The van der Waals surface area contributed by atoms with Crippen LogP contribution in [0.25, 0.3) is 0 Å². The fraction of sp³-hybridized carbons (Fsp3) is 0.538. The van der Waals surface area contributed by atoms with Crippen LogP contribution in [0.3, 0.4) is 0 Å². The Morgan fingerprint density at radius 1 is 1.19 bits per heavy atom. The first-order valence-electron chi connectivity index (χ1n) is 6.53. The number of alkyl halides is 3. The molecule has 0 radical (unpaired) electrons. The number of hydrogen-bond donors (Lipinski definition) is 1. The van der Waals surface area contributed by atoms with Gasteiger partial charge in [0.25, 0.3) is 0 Å². The lowest BCUT2D eigenvalue weighted by Crippen LogP contribution is -2.48. The van der Waals surface area contributed by atoms with Crippen molar-refractivity contribution in [3.8, 4) is 0 Å². The van der Waals surface area contributed by atoms with E-state index in [-0.39, 0.29) is 23.4 Å². The second-order valence-corrected chi connectivity index (χ2v) is 7.38. The molecule has 1 fully saturated rings. The van der Waals surface area contributed by atoms with Crippen molar-refractivity contribution in [3.63, 3.8) is 0 Å². The zero-order valence-electron chi connectivity index (χ0n) is 11.5. The molecule has 8 heteroatoms. The summed E-state index contributed by atoms with van der Waals surface area (Å²) in [6, 6.07) is 3.28. The fourth-order valence-corrected chi connectivity index (χ4v) is 4.13. The molecule has 1 saturated heterocycles. The fourth-order valence-electron chi connectivity index (χ4n) is 2.51. The van der Waals surface area contributed by atoms with Gasteiger partial charge in [0.05, 0.1) is 10.5 Å². The standard InChI is InChI=1S/C13H17F3N2O2S/c1-9-6-11(17)8-18(7-9)21(19,20)12-4-2-10(3-5-12)13(14,15)16/h2-5,9,11H,6-8,17H2,1H3. The summed E-state index contributed by atoms with van der Waals surface area (Å²) in [4.78, 5) is -0.142. The van der Waals surface area contributed by atoms with Crippen LogP contribution in [0.15, 0.2) is 29.2 Å². The molecule has 2 N–H and O–H groups in total. The Hall–Kier alpha value is -1.12. The van der Waals surface area contributed by atoms with E-state index in [0.717, 1.165) is 30.7 Å². The van der Waals surface area contributed by atoms with Crippen LogP contribution in [0.1, 0.15) is 18.9 Å². The second kappa shape index (κ2) is 5.58. The van der Waals surface area contributed by atoms with Gasteiger partial charge >= 0.3 is 6.18 Å². The Labute approximate surface area is 121 Å². The number of sulfonamides is 1. The predicted molar refractivity (Wildman–Crippen MR) is 72.0 cm³/mol. The molecule has 21 heavy (non-hydrogen) atoms. The minimum Gasteiger partial charge on any atom is -0.326 e. The van der Waals surface area contributed by atoms with Crippen LogP contribution in [0.2, 0.25) is 0 Å². The predicted octanol–water partition coefficient (Wildman–Crippen LogP) is 2.06. The Morgan fingerprint density at radius 3 is 2.24 bits per heavy atom.